The summed E-state index contributed by atoms with van der Waals surface area (Å²) in [4.78, 5) is 12.3. The van der Waals surface area contributed by atoms with Gasteiger partial charge in [-0.25, -0.2) is 9.36 Å². The molecule has 0 atom stereocenters. The van der Waals surface area contributed by atoms with Crippen molar-refractivity contribution in [2.75, 3.05) is 5.32 Å². The molecule has 118 valence electrons. The number of para-hydroxylation sites is 1. The third-order valence-corrected chi connectivity index (χ3v) is 3.22. The van der Waals surface area contributed by atoms with Crippen LogP contribution in [0.5, 0.6) is 0 Å². The molecule has 0 spiro atoms. The number of alkyl halides is 2. The number of nitrogens with zero attached hydrogens (tertiary/aromatic N) is 4. The molecule has 3 aromatic rings. The first-order valence-corrected chi connectivity index (χ1v) is 6.80. The summed E-state index contributed by atoms with van der Waals surface area (Å²) < 4.78 is 27.0. The lowest BCUT2D eigenvalue weighted by Crippen LogP contribution is -2.12. The Morgan fingerprint density at radius 1 is 1.22 bits per heavy atom. The van der Waals surface area contributed by atoms with E-state index in [0.717, 1.165) is 11.9 Å². The van der Waals surface area contributed by atoms with Gasteiger partial charge in [-0.2, -0.15) is 19.0 Å². The second-order valence-electron chi connectivity index (χ2n) is 4.85. The maximum atomic E-state index is 12.5. The molecule has 6 nitrogen and oxygen atoms in total. The standard InChI is InChI=1S/C15H13F2N5O/c1-10-13(9-21(20-10)12-5-3-2-4-6-12)14(23)19-11-7-18-22(8-11)15(16)17/h2-9,15H,1H3,(H,19,23). The summed E-state index contributed by atoms with van der Waals surface area (Å²) in [6, 6.07) is 9.34. The third kappa shape index (κ3) is 3.10. The van der Waals surface area contributed by atoms with E-state index in [2.05, 4.69) is 15.5 Å². The van der Waals surface area contributed by atoms with Crippen molar-refractivity contribution in [1.82, 2.24) is 19.6 Å². The van der Waals surface area contributed by atoms with Crippen molar-refractivity contribution < 1.29 is 13.6 Å². The van der Waals surface area contributed by atoms with Crippen LogP contribution in [0.3, 0.4) is 0 Å². The van der Waals surface area contributed by atoms with Gasteiger partial charge in [-0.3, -0.25) is 4.79 Å². The predicted molar refractivity (Wildman–Crippen MR) is 79.7 cm³/mol. The predicted octanol–water partition coefficient (Wildman–Crippen LogP) is 3.02. The number of carbonyl (C=O) groups excluding carboxylic acids is 1. The number of anilines is 1. The Hall–Kier alpha value is -3.03. The molecule has 1 aromatic carbocycles. The second-order valence-corrected chi connectivity index (χ2v) is 4.85. The van der Waals surface area contributed by atoms with Gasteiger partial charge in [0, 0.05) is 6.20 Å². The molecule has 0 saturated carbocycles. The molecule has 0 aliphatic heterocycles. The Morgan fingerprint density at radius 2 is 1.96 bits per heavy atom. The summed E-state index contributed by atoms with van der Waals surface area (Å²) >= 11 is 0. The van der Waals surface area contributed by atoms with E-state index in [-0.39, 0.29) is 5.69 Å². The van der Waals surface area contributed by atoms with Crippen LogP contribution in [-0.2, 0) is 0 Å². The zero-order valence-corrected chi connectivity index (χ0v) is 12.1. The van der Waals surface area contributed by atoms with Crippen molar-refractivity contribution in [3.63, 3.8) is 0 Å². The van der Waals surface area contributed by atoms with Gasteiger partial charge in [0.25, 0.3) is 5.91 Å². The zero-order chi connectivity index (χ0) is 16.4. The first-order chi connectivity index (χ1) is 11.0. The Morgan fingerprint density at radius 3 is 2.61 bits per heavy atom. The van der Waals surface area contributed by atoms with Crippen molar-refractivity contribution in [3.8, 4) is 5.69 Å². The fourth-order valence-electron chi connectivity index (χ4n) is 2.10. The normalized spacial score (nSPS) is 11.0. The molecule has 0 fully saturated rings. The fourth-order valence-corrected chi connectivity index (χ4v) is 2.10. The topological polar surface area (TPSA) is 64.7 Å². The highest BCUT2D eigenvalue weighted by molar-refractivity contribution is 6.04. The number of nitrogens with one attached hydrogen (secondary N) is 1. The number of halogens is 2. The van der Waals surface area contributed by atoms with E-state index in [1.807, 2.05) is 30.3 Å². The summed E-state index contributed by atoms with van der Waals surface area (Å²) in [5.41, 5.74) is 1.91. The van der Waals surface area contributed by atoms with Crippen molar-refractivity contribution in [2.45, 2.75) is 13.5 Å². The zero-order valence-electron chi connectivity index (χ0n) is 12.1. The quantitative estimate of drug-likeness (QED) is 0.804. The van der Waals surface area contributed by atoms with E-state index in [4.69, 9.17) is 0 Å². The van der Waals surface area contributed by atoms with Crippen LogP contribution < -0.4 is 5.32 Å². The summed E-state index contributed by atoms with van der Waals surface area (Å²) in [6.07, 6.45) is 3.83. The Balaban J connectivity index is 1.81. The molecule has 0 aliphatic carbocycles. The van der Waals surface area contributed by atoms with Crippen LogP contribution in [0.25, 0.3) is 5.69 Å². The minimum Gasteiger partial charge on any atom is -0.319 e. The molecule has 0 radical (unpaired) electrons. The van der Waals surface area contributed by atoms with Gasteiger partial charge in [0.05, 0.1) is 35.0 Å². The van der Waals surface area contributed by atoms with Gasteiger partial charge in [0.15, 0.2) is 0 Å². The van der Waals surface area contributed by atoms with Gasteiger partial charge in [-0.1, -0.05) is 18.2 Å². The Labute approximate surface area is 130 Å². The lowest BCUT2D eigenvalue weighted by atomic mass is 10.2. The SMILES string of the molecule is Cc1nn(-c2ccccc2)cc1C(=O)Nc1cnn(C(F)F)c1. The van der Waals surface area contributed by atoms with E-state index >= 15 is 0 Å². The number of carbonyl (C=O) groups is 1. The van der Waals surface area contributed by atoms with Crippen molar-refractivity contribution in [1.29, 1.82) is 0 Å². The molecule has 2 aromatic heterocycles. The number of aryl methyl sites for hydroxylation is 1. The highest BCUT2D eigenvalue weighted by Crippen LogP contribution is 2.16. The first-order valence-electron chi connectivity index (χ1n) is 6.80. The van der Waals surface area contributed by atoms with Crippen LogP contribution in [-0.4, -0.2) is 25.5 Å². The molecular weight excluding hydrogens is 304 g/mol. The minimum atomic E-state index is -2.75. The number of benzene rings is 1. The lowest BCUT2D eigenvalue weighted by molar-refractivity contribution is 0.0566. The number of rotatable bonds is 4. The van der Waals surface area contributed by atoms with Gasteiger partial charge in [0.2, 0.25) is 0 Å². The average Bonchev–Trinajstić information content (AvgIpc) is 3.15. The van der Waals surface area contributed by atoms with Crippen LogP contribution >= 0.6 is 0 Å². The average molecular weight is 317 g/mol. The molecule has 1 N–H and O–H groups in total. The molecule has 3 rings (SSSR count). The third-order valence-electron chi connectivity index (χ3n) is 3.22. The minimum absolute atomic E-state index is 0.196. The maximum absolute atomic E-state index is 12.5. The Bertz CT molecular complexity index is 826. The smallest absolute Gasteiger partial charge is 0.319 e. The molecule has 1 amide bonds. The molecule has 23 heavy (non-hydrogen) atoms. The molecule has 0 unspecified atom stereocenters. The summed E-state index contributed by atoms with van der Waals surface area (Å²) in [5, 5.41) is 10.3. The number of hydrogen-bond acceptors (Lipinski definition) is 3. The van der Waals surface area contributed by atoms with Gasteiger partial charge in [0.1, 0.15) is 0 Å². The van der Waals surface area contributed by atoms with E-state index < -0.39 is 12.5 Å². The van der Waals surface area contributed by atoms with Crippen LogP contribution in [0.15, 0.2) is 48.9 Å². The van der Waals surface area contributed by atoms with E-state index in [9.17, 15) is 13.6 Å². The van der Waals surface area contributed by atoms with Crippen molar-refractivity contribution in [3.05, 3.63) is 60.2 Å². The highest BCUT2D eigenvalue weighted by Gasteiger charge is 2.16. The molecule has 2 heterocycles. The van der Waals surface area contributed by atoms with Crippen LogP contribution in [0.4, 0.5) is 14.5 Å². The van der Waals surface area contributed by atoms with E-state index in [1.54, 1.807) is 17.8 Å². The molecular formula is C15H13F2N5O. The van der Waals surface area contributed by atoms with Gasteiger partial charge < -0.3 is 5.32 Å². The molecule has 0 bridgehead atoms. The second kappa shape index (κ2) is 5.99. The van der Waals surface area contributed by atoms with Crippen molar-refractivity contribution in [2.24, 2.45) is 0 Å². The largest absolute Gasteiger partial charge is 0.333 e. The molecule has 0 saturated heterocycles. The van der Waals surface area contributed by atoms with Gasteiger partial charge >= 0.3 is 6.55 Å². The van der Waals surface area contributed by atoms with Gasteiger partial charge in [-0.05, 0) is 19.1 Å². The number of aromatic nitrogens is 4. The van der Waals surface area contributed by atoms with Gasteiger partial charge in [-0.15, -0.1) is 0 Å². The molecule has 8 heteroatoms. The Kier molecular flexibility index (Phi) is 3.88. The van der Waals surface area contributed by atoms with Crippen LogP contribution in [0.2, 0.25) is 0 Å². The first kappa shape index (κ1) is 14.9. The molecule has 0 aliphatic rings. The number of amides is 1. The number of hydrogen-bond donors (Lipinski definition) is 1. The van der Waals surface area contributed by atoms with Crippen molar-refractivity contribution >= 4 is 11.6 Å². The fraction of sp³-hybridized carbons (Fsp3) is 0.133. The summed E-state index contributed by atoms with van der Waals surface area (Å²) in [7, 11) is 0. The maximum Gasteiger partial charge on any atom is 0.333 e. The van der Waals surface area contributed by atoms with Crippen LogP contribution in [0.1, 0.15) is 22.6 Å². The highest BCUT2D eigenvalue weighted by atomic mass is 19.3. The lowest BCUT2D eigenvalue weighted by Gasteiger charge is -2.01. The van der Waals surface area contributed by atoms with Crippen LogP contribution in [0, 0.1) is 6.92 Å². The summed E-state index contributed by atoms with van der Waals surface area (Å²) in [5.74, 6) is -0.432. The monoisotopic (exact) mass is 317 g/mol. The van der Waals surface area contributed by atoms with E-state index in [1.165, 1.54) is 6.20 Å². The van der Waals surface area contributed by atoms with E-state index in [0.29, 0.717) is 15.9 Å². The summed E-state index contributed by atoms with van der Waals surface area (Å²) in [6.45, 7) is -1.04.